The molecule has 1 heterocycles. The molecule has 2 rings (SSSR count). The van der Waals surface area contributed by atoms with E-state index in [1.807, 2.05) is 30.3 Å². The zero-order valence-corrected chi connectivity index (χ0v) is 10.8. The Balaban J connectivity index is 2.20. The van der Waals surface area contributed by atoms with Crippen LogP contribution < -0.4 is 16.2 Å². The smallest absolute Gasteiger partial charge is 0.268 e. The Bertz CT molecular complexity index is 537. The van der Waals surface area contributed by atoms with Crippen molar-refractivity contribution in [2.24, 2.45) is 5.84 Å². The zero-order valence-electron chi connectivity index (χ0n) is 10.8. The van der Waals surface area contributed by atoms with Gasteiger partial charge in [0.25, 0.3) is 5.91 Å². The van der Waals surface area contributed by atoms with Crippen LogP contribution in [0.5, 0.6) is 0 Å². The van der Waals surface area contributed by atoms with Gasteiger partial charge in [0.1, 0.15) is 5.76 Å². The van der Waals surface area contributed by atoms with E-state index in [0.29, 0.717) is 17.9 Å². The van der Waals surface area contributed by atoms with Crippen LogP contribution in [0, 0.1) is 0 Å². The van der Waals surface area contributed by atoms with Crippen LogP contribution in [0.25, 0.3) is 0 Å². The molecular weight excluding hydrogens is 242 g/mol. The average Bonchev–Trinajstić information content (AvgIpc) is 2.93. The molecular formula is C14H17N3O2. The van der Waals surface area contributed by atoms with E-state index in [4.69, 9.17) is 10.3 Å². The lowest BCUT2D eigenvalue weighted by atomic mass is 10.2. The molecule has 0 unspecified atom stereocenters. The fourth-order valence-electron chi connectivity index (χ4n) is 1.94. The van der Waals surface area contributed by atoms with Crippen molar-refractivity contribution in [2.45, 2.75) is 13.5 Å². The van der Waals surface area contributed by atoms with Crippen LogP contribution in [0.3, 0.4) is 0 Å². The Morgan fingerprint density at radius 3 is 2.68 bits per heavy atom. The molecule has 0 saturated heterocycles. The number of para-hydroxylation sites is 1. The van der Waals surface area contributed by atoms with Gasteiger partial charge < -0.3 is 9.32 Å². The lowest BCUT2D eigenvalue weighted by molar-refractivity contribution is 0.0951. The number of anilines is 1. The molecule has 2 aromatic rings. The quantitative estimate of drug-likeness (QED) is 0.489. The van der Waals surface area contributed by atoms with Gasteiger partial charge in [-0.25, -0.2) is 5.84 Å². The van der Waals surface area contributed by atoms with Crippen LogP contribution in [0.15, 0.2) is 47.1 Å². The predicted octanol–water partition coefficient (Wildman–Crippen LogP) is 1.91. The van der Waals surface area contributed by atoms with Crippen LogP contribution in [0.2, 0.25) is 0 Å². The van der Waals surface area contributed by atoms with E-state index in [-0.39, 0.29) is 5.91 Å². The number of nitrogens with one attached hydrogen (secondary N) is 1. The number of nitrogens with two attached hydrogens (primary N) is 1. The molecule has 1 aromatic carbocycles. The number of nitrogens with zero attached hydrogens (tertiary/aromatic N) is 1. The summed E-state index contributed by atoms with van der Waals surface area (Å²) in [6.45, 7) is 3.39. The molecule has 0 saturated carbocycles. The van der Waals surface area contributed by atoms with E-state index < -0.39 is 0 Å². The minimum absolute atomic E-state index is 0.340. The fraction of sp³-hybridized carbons (Fsp3) is 0.214. The number of carbonyl (C=O) groups excluding carboxylic acids is 1. The number of carbonyl (C=O) groups is 1. The molecule has 0 spiro atoms. The third-order valence-electron chi connectivity index (χ3n) is 2.96. The fourth-order valence-corrected chi connectivity index (χ4v) is 1.94. The highest BCUT2D eigenvalue weighted by atomic mass is 16.3. The molecule has 3 N–H and O–H groups in total. The van der Waals surface area contributed by atoms with Crippen molar-refractivity contribution in [2.75, 3.05) is 11.4 Å². The summed E-state index contributed by atoms with van der Waals surface area (Å²) in [5, 5.41) is 0. The maximum absolute atomic E-state index is 11.6. The molecule has 100 valence electrons. The maximum atomic E-state index is 11.6. The lowest BCUT2D eigenvalue weighted by Gasteiger charge is -2.22. The van der Waals surface area contributed by atoms with Gasteiger partial charge >= 0.3 is 0 Å². The zero-order chi connectivity index (χ0) is 13.7. The average molecular weight is 259 g/mol. The van der Waals surface area contributed by atoms with Gasteiger partial charge in [0, 0.05) is 12.2 Å². The first-order valence-electron chi connectivity index (χ1n) is 6.13. The number of hydrogen-bond acceptors (Lipinski definition) is 4. The molecule has 0 aliphatic rings. The number of nitrogen functional groups attached to an aromatic ring is 1. The monoisotopic (exact) mass is 259 g/mol. The van der Waals surface area contributed by atoms with E-state index in [1.165, 1.54) is 6.26 Å². The molecule has 0 radical (unpaired) electrons. The van der Waals surface area contributed by atoms with Gasteiger partial charge in [-0.1, -0.05) is 18.2 Å². The number of rotatable bonds is 5. The van der Waals surface area contributed by atoms with Gasteiger partial charge in [0.15, 0.2) is 0 Å². The number of amides is 1. The highest BCUT2D eigenvalue weighted by molar-refractivity contribution is 5.94. The third kappa shape index (κ3) is 2.95. The van der Waals surface area contributed by atoms with Crippen LogP contribution in [-0.4, -0.2) is 12.5 Å². The Morgan fingerprint density at radius 1 is 1.32 bits per heavy atom. The Labute approximate surface area is 112 Å². The summed E-state index contributed by atoms with van der Waals surface area (Å²) in [5.74, 6) is 5.42. The molecule has 0 aliphatic carbocycles. The first kappa shape index (κ1) is 13.2. The normalized spacial score (nSPS) is 10.2. The summed E-state index contributed by atoms with van der Waals surface area (Å²) in [5.41, 5.74) is 3.67. The van der Waals surface area contributed by atoms with Crippen LogP contribution >= 0.6 is 0 Å². The SMILES string of the molecule is CCN(Cc1occc1C(=O)NN)c1ccccc1. The van der Waals surface area contributed by atoms with Crippen molar-refractivity contribution < 1.29 is 9.21 Å². The van der Waals surface area contributed by atoms with E-state index in [0.717, 1.165) is 12.2 Å². The lowest BCUT2D eigenvalue weighted by Crippen LogP contribution is -2.31. The van der Waals surface area contributed by atoms with Crippen LogP contribution in [-0.2, 0) is 6.54 Å². The third-order valence-corrected chi connectivity index (χ3v) is 2.96. The Kier molecular flexibility index (Phi) is 4.20. The largest absolute Gasteiger partial charge is 0.467 e. The van der Waals surface area contributed by atoms with Gasteiger partial charge in [-0.15, -0.1) is 0 Å². The second-order valence-electron chi connectivity index (χ2n) is 4.08. The van der Waals surface area contributed by atoms with Gasteiger partial charge in [-0.2, -0.15) is 0 Å². The second kappa shape index (κ2) is 6.06. The summed E-state index contributed by atoms with van der Waals surface area (Å²) < 4.78 is 5.38. The van der Waals surface area contributed by atoms with Crippen LogP contribution in [0.4, 0.5) is 5.69 Å². The first-order chi connectivity index (χ1) is 9.26. The van der Waals surface area contributed by atoms with E-state index in [2.05, 4.69) is 17.2 Å². The predicted molar refractivity (Wildman–Crippen MR) is 73.5 cm³/mol. The van der Waals surface area contributed by atoms with Gasteiger partial charge in [-0.3, -0.25) is 10.2 Å². The van der Waals surface area contributed by atoms with Gasteiger partial charge in [0.05, 0.1) is 18.4 Å². The molecule has 5 heteroatoms. The van der Waals surface area contributed by atoms with Crippen molar-refractivity contribution in [3.05, 3.63) is 54.0 Å². The molecule has 19 heavy (non-hydrogen) atoms. The first-order valence-corrected chi connectivity index (χ1v) is 6.13. The van der Waals surface area contributed by atoms with Crippen LogP contribution in [0.1, 0.15) is 23.0 Å². The van der Waals surface area contributed by atoms with Crippen molar-refractivity contribution in [3.8, 4) is 0 Å². The van der Waals surface area contributed by atoms with Gasteiger partial charge in [-0.05, 0) is 25.1 Å². The second-order valence-corrected chi connectivity index (χ2v) is 4.08. The summed E-state index contributed by atoms with van der Waals surface area (Å²) in [4.78, 5) is 13.7. The maximum Gasteiger partial charge on any atom is 0.268 e. The van der Waals surface area contributed by atoms with E-state index in [9.17, 15) is 4.79 Å². The molecule has 5 nitrogen and oxygen atoms in total. The van der Waals surface area contributed by atoms with Crippen molar-refractivity contribution >= 4 is 11.6 Å². The number of benzene rings is 1. The molecule has 0 atom stereocenters. The minimum Gasteiger partial charge on any atom is -0.467 e. The molecule has 1 aromatic heterocycles. The Hall–Kier alpha value is -2.27. The van der Waals surface area contributed by atoms with Crippen molar-refractivity contribution in [1.82, 2.24) is 5.43 Å². The molecule has 0 fully saturated rings. The molecule has 0 aliphatic heterocycles. The standard InChI is InChI=1S/C14H17N3O2/c1-2-17(11-6-4-3-5-7-11)10-13-12(8-9-19-13)14(18)16-15/h3-9H,2,10,15H2,1H3,(H,16,18). The summed E-state index contributed by atoms with van der Waals surface area (Å²) in [7, 11) is 0. The highest BCUT2D eigenvalue weighted by Gasteiger charge is 2.16. The number of furan rings is 1. The number of hydrazine groups is 1. The minimum atomic E-state index is -0.340. The highest BCUT2D eigenvalue weighted by Crippen LogP contribution is 2.19. The molecule has 0 bridgehead atoms. The molecule has 1 amide bonds. The van der Waals surface area contributed by atoms with Crippen molar-refractivity contribution in [3.63, 3.8) is 0 Å². The van der Waals surface area contributed by atoms with E-state index in [1.54, 1.807) is 6.07 Å². The Morgan fingerprint density at radius 2 is 2.05 bits per heavy atom. The summed E-state index contributed by atoms with van der Waals surface area (Å²) in [6.07, 6.45) is 1.50. The topological polar surface area (TPSA) is 71.5 Å². The van der Waals surface area contributed by atoms with Gasteiger partial charge in [0.2, 0.25) is 0 Å². The summed E-state index contributed by atoms with van der Waals surface area (Å²) >= 11 is 0. The number of hydrogen-bond donors (Lipinski definition) is 2. The van der Waals surface area contributed by atoms with E-state index >= 15 is 0 Å². The van der Waals surface area contributed by atoms with Crippen molar-refractivity contribution in [1.29, 1.82) is 0 Å². The summed E-state index contributed by atoms with van der Waals surface area (Å²) in [6, 6.07) is 11.6.